The number of hydrogen-bond acceptors (Lipinski definition) is 2. The number of aromatic nitrogens is 1. The van der Waals surface area contributed by atoms with Crippen LogP contribution in [0.5, 0.6) is 0 Å². The van der Waals surface area contributed by atoms with Gasteiger partial charge in [0.2, 0.25) is 5.91 Å². The van der Waals surface area contributed by atoms with Crippen molar-refractivity contribution in [1.29, 1.82) is 0 Å². The Bertz CT molecular complexity index is 924. The van der Waals surface area contributed by atoms with Crippen molar-refractivity contribution in [3.63, 3.8) is 0 Å². The predicted molar refractivity (Wildman–Crippen MR) is 102 cm³/mol. The maximum Gasteiger partial charge on any atom is 0.227 e. The second-order valence-corrected chi connectivity index (χ2v) is 6.80. The molecule has 0 saturated carbocycles. The van der Waals surface area contributed by atoms with Gasteiger partial charge < -0.3 is 14.8 Å². The molecule has 1 N–H and O–H groups in total. The number of benzene rings is 2. The quantitative estimate of drug-likeness (QED) is 0.784. The van der Waals surface area contributed by atoms with E-state index in [9.17, 15) is 9.18 Å². The maximum atomic E-state index is 13.1. The van der Waals surface area contributed by atoms with Crippen molar-refractivity contribution >= 4 is 22.5 Å². The molecule has 0 aliphatic carbocycles. The zero-order chi connectivity index (χ0) is 18.1. The fourth-order valence-corrected chi connectivity index (χ4v) is 3.69. The average Bonchev–Trinajstić information content (AvgIpc) is 2.98. The standard InChI is InChI=1S/C21H22FN3O/c1-15-19(18-4-2-3-5-20(18)23-15)14-21(26)25-12-10-24(11-13-25)17-8-6-16(22)7-9-17/h2-9,23H,10-14H2,1H3. The smallest absolute Gasteiger partial charge is 0.227 e. The number of nitrogens with one attached hydrogen (secondary N) is 1. The molecule has 1 aliphatic rings. The van der Waals surface area contributed by atoms with E-state index in [1.807, 2.05) is 30.0 Å². The van der Waals surface area contributed by atoms with Crippen LogP contribution >= 0.6 is 0 Å². The number of carbonyl (C=O) groups is 1. The van der Waals surface area contributed by atoms with E-state index in [2.05, 4.69) is 16.0 Å². The highest BCUT2D eigenvalue weighted by atomic mass is 19.1. The first-order valence-electron chi connectivity index (χ1n) is 8.96. The molecule has 5 heteroatoms. The van der Waals surface area contributed by atoms with Gasteiger partial charge in [0.15, 0.2) is 0 Å². The van der Waals surface area contributed by atoms with Crippen molar-refractivity contribution in [2.45, 2.75) is 13.3 Å². The monoisotopic (exact) mass is 351 g/mol. The second-order valence-electron chi connectivity index (χ2n) is 6.80. The number of halogens is 1. The molecule has 0 atom stereocenters. The first-order valence-corrected chi connectivity index (χ1v) is 8.96. The Morgan fingerprint density at radius 2 is 1.73 bits per heavy atom. The van der Waals surface area contributed by atoms with Crippen LogP contribution in [-0.4, -0.2) is 42.0 Å². The van der Waals surface area contributed by atoms with Gasteiger partial charge in [-0.2, -0.15) is 0 Å². The summed E-state index contributed by atoms with van der Waals surface area (Å²) in [4.78, 5) is 20.3. The van der Waals surface area contributed by atoms with Gasteiger partial charge in [-0.1, -0.05) is 18.2 Å². The first kappa shape index (κ1) is 16.6. The van der Waals surface area contributed by atoms with Crippen LogP contribution < -0.4 is 4.90 Å². The van der Waals surface area contributed by atoms with Crippen molar-refractivity contribution in [3.8, 4) is 0 Å². The van der Waals surface area contributed by atoms with Gasteiger partial charge >= 0.3 is 0 Å². The number of amides is 1. The summed E-state index contributed by atoms with van der Waals surface area (Å²) in [6.07, 6.45) is 0.423. The molecule has 0 bridgehead atoms. The molecule has 1 fully saturated rings. The lowest BCUT2D eigenvalue weighted by atomic mass is 10.1. The molecule has 4 nitrogen and oxygen atoms in total. The molecule has 1 amide bonds. The number of carbonyl (C=O) groups excluding carboxylic acids is 1. The minimum atomic E-state index is -0.225. The first-order chi connectivity index (χ1) is 12.6. The molecule has 134 valence electrons. The van der Waals surface area contributed by atoms with Crippen LogP contribution in [-0.2, 0) is 11.2 Å². The summed E-state index contributed by atoms with van der Waals surface area (Å²) < 4.78 is 13.1. The van der Waals surface area contributed by atoms with E-state index in [4.69, 9.17) is 0 Å². The topological polar surface area (TPSA) is 39.3 Å². The predicted octanol–water partition coefficient (Wildman–Crippen LogP) is 3.51. The van der Waals surface area contributed by atoms with Gasteiger partial charge in [0.25, 0.3) is 0 Å². The van der Waals surface area contributed by atoms with Crippen LogP contribution in [0, 0.1) is 12.7 Å². The Morgan fingerprint density at radius 1 is 1.04 bits per heavy atom. The summed E-state index contributed by atoms with van der Waals surface area (Å²) in [6, 6.07) is 14.7. The molecule has 2 heterocycles. The summed E-state index contributed by atoms with van der Waals surface area (Å²) in [7, 11) is 0. The van der Waals surface area contributed by atoms with Crippen LogP contribution in [0.4, 0.5) is 10.1 Å². The molecule has 0 radical (unpaired) electrons. The molecular formula is C21H22FN3O. The summed E-state index contributed by atoms with van der Waals surface area (Å²) in [5.74, 6) is -0.0618. The van der Waals surface area contributed by atoms with Crippen LogP contribution in [0.3, 0.4) is 0 Å². The van der Waals surface area contributed by atoms with Crippen molar-refractivity contribution < 1.29 is 9.18 Å². The summed E-state index contributed by atoms with van der Waals surface area (Å²) in [6.45, 7) is 4.94. The Hall–Kier alpha value is -2.82. The average molecular weight is 351 g/mol. The molecule has 3 aromatic rings. The normalized spacial score (nSPS) is 14.8. The lowest BCUT2D eigenvalue weighted by Crippen LogP contribution is -2.49. The van der Waals surface area contributed by atoms with Gasteiger partial charge in [0.05, 0.1) is 6.42 Å². The largest absolute Gasteiger partial charge is 0.368 e. The third kappa shape index (κ3) is 3.17. The van der Waals surface area contributed by atoms with Crippen LogP contribution in [0.1, 0.15) is 11.3 Å². The Morgan fingerprint density at radius 3 is 2.46 bits per heavy atom. The van der Waals surface area contributed by atoms with Gasteiger partial charge in [0.1, 0.15) is 5.82 Å². The third-order valence-corrected chi connectivity index (χ3v) is 5.18. The summed E-state index contributed by atoms with van der Waals surface area (Å²) in [5, 5.41) is 1.13. The molecule has 0 unspecified atom stereocenters. The van der Waals surface area contributed by atoms with Crippen molar-refractivity contribution in [2.75, 3.05) is 31.1 Å². The number of hydrogen-bond donors (Lipinski definition) is 1. The van der Waals surface area contributed by atoms with Crippen molar-refractivity contribution in [2.24, 2.45) is 0 Å². The lowest BCUT2D eigenvalue weighted by Gasteiger charge is -2.36. The molecular weight excluding hydrogens is 329 g/mol. The fraction of sp³-hybridized carbons (Fsp3) is 0.286. The van der Waals surface area contributed by atoms with Gasteiger partial charge in [0, 0.05) is 48.5 Å². The highest BCUT2D eigenvalue weighted by molar-refractivity contribution is 5.90. The molecule has 26 heavy (non-hydrogen) atoms. The number of aromatic amines is 1. The van der Waals surface area contributed by atoms with E-state index in [1.54, 1.807) is 12.1 Å². The van der Waals surface area contributed by atoms with E-state index in [0.29, 0.717) is 19.5 Å². The number of H-pyrrole nitrogens is 1. The Kier molecular flexibility index (Phi) is 4.37. The third-order valence-electron chi connectivity index (χ3n) is 5.18. The van der Waals surface area contributed by atoms with Crippen LogP contribution in [0.25, 0.3) is 10.9 Å². The minimum absolute atomic E-state index is 0.164. The minimum Gasteiger partial charge on any atom is -0.368 e. The zero-order valence-corrected chi connectivity index (χ0v) is 14.8. The van der Waals surface area contributed by atoms with Gasteiger partial charge in [-0.15, -0.1) is 0 Å². The summed E-state index contributed by atoms with van der Waals surface area (Å²) in [5.41, 5.74) is 4.23. The van der Waals surface area contributed by atoms with Gasteiger partial charge in [-0.3, -0.25) is 4.79 Å². The van der Waals surface area contributed by atoms with E-state index in [0.717, 1.165) is 40.9 Å². The fourth-order valence-electron chi connectivity index (χ4n) is 3.69. The Labute approximate surface area is 152 Å². The molecule has 2 aromatic carbocycles. The zero-order valence-electron chi connectivity index (χ0n) is 14.8. The molecule has 1 saturated heterocycles. The van der Waals surface area contributed by atoms with E-state index >= 15 is 0 Å². The van der Waals surface area contributed by atoms with Gasteiger partial charge in [-0.05, 0) is 42.8 Å². The van der Waals surface area contributed by atoms with E-state index in [1.165, 1.54) is 12.1 Å². The van der Waals surface area contributed by atoms with Gasteiger partial charge in [-0.25, -0.2) is 4.39 Å². The highest BCUT2D eigenvalue weighted by Gasteiger charge is 2.23. The second kappa shape index (κ2) is 6.83. The van der Waals surface area contributed by atoms with Crippen LogP contribution in [0.15, 0.2) is 48.5 Å². The Balaban J connectivity index is 1.42. The maximum absolute atomic E-state index is 13.1. The number of piperazine rings is 1. The van der Waals surface area contributed by atoms with E-state index in [-0.39, 0.29) is 11.7 Å². The summed E-state index contributed by atoms with van der Waals surface area (Å²) >= 11 is 0. The molecule has 1 aliphatic heterocycles. The SMILES string of the molecule is Cc1[nH]c2ccccc2c1CC(=O)N1CCN(c2ccc(F)cc2)CC1. The lowest BCUT2D eigenvalue weighted by molar-refractivity contribution is -0.130. The van der Waals surface area contributed by atoms with Crippen LogP contribution in [0.2, 0.25) is 0 Å². The van der Waals surface area contributed by atoms with Crippen molar-refractivity contribution in [3.05, 3.63) is 65.6 Å². The molecule has 1 aromatic heterocycles. The number of fused-ring (bicyclic) bond motifs is 1. The number of rotatable bonds is 3. The molecule has 4 rings (SSSR count). The molecule has 0 spiro atoms. The number of nitrogens with zero attached hydrogens (tertiary/aromatic N) is 2. The number of anilines is 1. The number of para-hydroxylation sites is 1. The van der Waals surface area contributed by atoms with Crippen molar-refractivity contribution in [1.82, 2.24) is 9.88 Å². The van der Waals surface area contributed by atoms with E-state index < -0.39 is 0 Å². The number of aryl methyl sites for hydroxylation is 1. The highest BCUT2D eigenvalue weighted by Crippen LogP contribution is 2.23.